The van der Waals surface area contributed by atoms with Crippen molar-refractivity contribution in [3.8, 4) is 5.75 Å². The minimum Gasteiger partial charge on any atom is -0.490 e. The van der Waals surface area contributed by atoms with Crippen molar-refractivity contribution in [2.24, 2.45) is 5.92 Å². The molecular weight excluding hydrogens is 290 g/mol. The summed E-state index contributed by atoms with van der Waals surface area (Å²) in [6.07, 6.45) is 0.203. The van der Waals surface area contributed by atoms with E-state index in [0.717, 1.165) is 23.3 Å². The van der Waals surface area contributed by atoms with Crippen LogP contribution in [-0.2, 0) is 6.54 Å². The summed E-state index contributed by atoms with van der Waals surface area (Å²) in [6.45, 7) is 12.5. The molecule has 0 bridgehead atoms. The molecule has 0 saturated carbocycles. The highest BCUT2D eigenvalue weighted by Crippen LogP contribution is 2.29. The predicted octanol–water partition coefficient (Wildman–Crippen LogP) is 4.29. The van der Waals surface area contributed by atoms with Gasteiger partial charge in [-0.1, -0.05) is 29.8 Å². The molecular formula is C15H24BrNO. The Labute approximate surface area is 119 Å². The molecule has 0 amide bonds. The Hall–Kier alpha value is -0.540. The third-order valence-corrected chi connectivity index (χ3v) is 3.00. The van der Waals surface area contributed by atoms with E-state index in [1.807, 2.05) is 0 Å². The molecule has 0 unspecified atom stereocenters. The molecule has 1 aromatic rings. The van der Waals surface area contributed by atoms with Crippen LogP contribution in [0.1, 0.15) is 38.8 Å². The maximum atomic E-state index is 5.93. The molecule has 0 aromatic heterocycles. The molecule has 0 heterocycles. The number of nitrogens with one attached hydrogen (secondary N) is 1. The van der Waals surface area contributed by atoms with Crippen molar-refractivity contribution in [3.05, 3.63) is 27.7 Å². The molecule has 0 atom stereocenters. The average Bonchev–Trinajstić information content (AvgIpc) is 2.22. The zero-order valence-corrected chi connectivity index (χ0v) is 13.6. The lowest BCUT2D eigenvalue weighted by molar-refractivity contribution is 0.237. The predicted molar refractivity (Wildman–Crippen MR) is 81.2 cm³/mol. The van der Waals surface area contributed by atoms with Crippen LogP contribution in [0, 0.1) is 12.8 Å². The number of aryl methyl sites for hydroxylation is 1. The van der Waals surface area contributed by atoms with Gasteiger partial charge in [0.1, 0.15) is 5.75 Å². The Morgan fingerprint density at radius 2 is 1.89 bits per heavy atom. The number of rotatable bonds is 6. The van der Waals surface area contributed by atoms with Crippen molar-refractivity contribution in [2.45, 2.75) is 47.3 Å². The van der Waals surface area contributed by atoms with Crippen LogP contribution in [0.4, 0.5) is 0 Å². The van der Waals surface area contributed by atoms with Gasteiger partial charge in [0.2, 0.25) is 0 Å². The van der Waals surface area contributed by atoms with E-state index in [-0.39, 0.29) is 6.10 Å². The van der Waals surface area contributed by atoms with E-state index in [9.17, 15) is 0 Å². The molecule has 0 aliphatic heterocycles. The number of benzene rings is 1. The van der Waals surface area contributed by atoms with Gasteiger partial charge in [0.15, 0.2) is 0 Å². The smallest absolute Gasteiger partial charge is 0.127 e. The second-order valence-electron chi connectivity index (χ2n) is 5.40. The fourth-order valence-electron chi connectivity index (χ4n) is 1.83. The van der Waals surface area contributed by atoms with Crippen LogP contribution in [0.2, 0.25) is 0 Å². The van der Waals surface area contributed by atoms with Crippen LogP contribution < -0.4 is 10.1 Å². The molecule has 0 saturated heterocycles. The summed E-state index contributed by atoms with van der Waals surface area (Å²) in [6, 6.07) is 4.24. The van der Waals surface area contributed by atoms with Gasteiger partial charge in [0.25, 0.3) is 0 Å². The van der Waals surface area contributed by atoms with Crippen molar-refractivity contribution in [2.75, 3.05) is 6.54 Å². The van der Waals surface area contributed by atoms with Crippen LogP contribution in [0.3, 0.4) is 0 Å². The van der Waals surface area contributed by atoms with Gasteiger partial charge in [-0.2, -0.15) is 0 Å². The molecule has 0 fully saturated rings. The highest BCUT2D eigenvalue weighted by Gasteiger charge is 2.10. The molecule has 0 spiro atoms. The normalized spacial score (nSPS) is 11.3. The molecule has 0 aliphatic carbocycles. The molecule has 18 heavy (non-hydrogen) atoms. The summed E-state index contributed by atoms with van der Waals surface area (Å²) in [5.41, 5.74) is 2.40. The van der Waals surface area contributed by atoms with E-state index in [0.29, 0.717) is 5.92 Å². The SMILES string of the molecule is Cc1cc(Br)cc(CNCC(C)C)c1OC(C)C. The molecule has 3 heteroatoms. The Balaban J connectivity index is 2.85. The van der Waals surface area contributed by atoms with Gasteiger partial charge in [0.05, 0.1) is 6.10 Å². The minimum atomic E-state index is 0.203. The maximum Gasteiger partial charge on any atom is 0.127 e. The molecule has 1 N–H and O–H groups in total. The molecule has 1 aromatic carbocycles. The van der Waals surface area contributed by atoms with Gasteiger partial charge >= 0.3 is 0 Å². The first kappa shape index (κ1) is 15.5. The minimum absolute atomic E-state index is 0.203. The van der Waals surface area contributed by atoms with Crippen LogP contribution in [-0.4, -0.2) is 12.6 Å². The third-order valence-electron chi connectivity index (χ3n) is 2.54. The molecule has 0 radical (unpaired) electrons. The van der Waals surface area contributed by atoms with E-state index in [1.54, 1.807) is 0 Å². The quantitative estimate of drug-likeness (QED) is 0.846. The van der Waals surface area contributed by atoms with Crippen molar-refractivity contribution >= 4 is 15.9 Å². The highest BCUT2D eigenvalue weighted by molar-refractivity contribution is 9.10. The van der Waals surface area contributed by atoms with Gasteiger partial charge < -0.3 is 10.1 Å². The summed E-state index contributed by atoms with van der Waals surface area (Å²) in [5, 5.41) is 3.47. The van der Waals surface area contributed by atoms with E-state index in [2.05, 4.69) is 68.0 Å². The second kappa shape index (κ2) is 7.15. The Morgan fingerprint density at radius 3 is 2.44 bits per heavy atom. The molecule has 2 nitrogen and oxygen atoms in total. The summed E-state index contributed by atoms with van der Waals surface area (Å²) < 4.78 is 7.04. The monoisotopic (exact) mass is 313 g/mol. The van der Waals surface area contributed by atoms with Crippen molar-refractivity contribution in [1.29, 1.82) is 0 Å². The topological polar surface area (TPSA) is 21.3 Å². The number of ether oxygens (including phenoxy) is 1. The van der Waals surface area contributed by atoms with E-state index >= 15 is 0 Å². The van der Waals surface area contributed by atoms with Crippen LogP contribution >= 0.6 is 15.9 Å². The first-order valence-corrected chi connectivity index (χ1v) is 7.35. The first-order valence-electron chi connectivity index (χ1n) is 6.56. The Bertz CT molecular complexity index is 388. The fourth-order valence-corrected chi connectivity index (χ4v) is 2.45. The number of hydrogen-bond acceptors (Lipinski definition) is 2. The highest BCUT2D eigenvalue weighted by atomic mass is 79.9. The molecule has 102 valence electrons. The lowest BCUT2D eigenvalue weighted by atomic mass is 10.1. The van der Waals surface area contributed by atoms with Crippen LogP contribution in [0.15, 0.2) is 16.6 Å². The first-order chi connectivity index (χ1) is 8.40. The van der Waals surface area contributed by atoms with Crippen molar-refractivity contribution in [1.82, 2.24) is 5.32 Å². The van der Waals surface area contributed by atoms with Crippen LogP contribution in [0.25, 0.3) is 0 Å². The van der Waals surface area contributed by atoms with Gasteiger partial charge in [-0.15, -0.1) is 0 Å². The number of hydrogen-bond donors (Lipinski definition) is 1. The fraction of sp³-hybridized carbons (Fsp3) is 0.600. The Morgan fingerprint density at radius 1 is 1.22 bits per heavy atom. The van der Waals surface area contributed by atoms with Crippen molar-refractivity contribution in [3.63, 3.8) is 0 Å². The van der Waals surface area contributed by atoms with E-state index < -0.39 is 0 Å². The zero-order chi connectivity index (χ0) is 13.7. The number of halogens is 1. The third kappa shape index (κ3) is 4.99. The summed E-state index contributed by atoms with van der Waals surface area (Å²) >= 11 is 3.55. The standard InChI is InChI=1S/C15H24BrNO/c1-10(2)8-17-9-13-7-14(16)6-12(5)15(13)18-11(3)4/h6-7,10-11,17H,8-9H2,1-5H3. The summed E-state index contributed by atoms with van der Waals surface area (Å²) in [7, 11) is 0. The van der Waals surface area contributed by atoms with E-state index in [1.165, 1.54) is 11.1 Å². The van der Waals surface area contributed by atoms with Crippen molar-refractivity contribution < 1.29 is 4.74 Å². The van der Waals surface area contributed by atoms with Gasteiger partial charge in [-0.3, -0.25) is 0 Å². The Kier molecular flexibility index (Phi) is 6.16. The van der Waals surface area contributed by atoms with Gasteiger partial charge in [-0.25, -0.2) is 0 Å². The molecule has 1 rings (SSSR count). The largest absolute Gasteiger partial charge is 0.490 e. The lowest BCUT2D eigenvalue weighted by Crippen LogP contribution is -2.20. The van der Waals surface area contributed by atoms with E-state index in [4.69, 9.17) is 4.74 Å². The molecule has 0 aliphatic rings. The second-order valence-corrected chi connectivity index (χ2v) is 6.32. The average molecular weight is 314 g/mol. The summed E-state index contributed by atoms with van der Waals surface area (Å²) in [4.78, 5) is 0. The van der Waals surface area contributed by atoms with Crippen LogP contribution in [0.5, 0.6) is 5.75 Å². The zero-order valence-electron chi connectivity index (χ0n) is 12.0. The maximum absolute atomic E-state index is 5.93. The van der Waals surface area contributed by atoms with Gasteiger partial charge in [-0.05, 0) is 50.9 Å². The summed E-state index contributed by atoms with van der Waals surface area (Å²) in [5.74, 6) is 1.68. The lowest BCUT2D eigenvalue weighted by Gasteiger charge is -2.18. The van der Waals surface area contributed by atoms with Gasteiger partial charge in [0, 0.05) is 16.6 Å².